The Kier molecular flexibility index (Phi) is 6.59. The normalized spacial score (nSPS) is 11.4. The van der Waals surface area contributed by atoms with Crippen LogP contribution in [0.15, 0.2) is 52.3 Å². The van der Waals surface area contributed by atoms with E-state index in [0.717, 1.165) is 33.4 Å². The maximum absolute atomic E-state index is 11.2. The molecule has 2 N–H and O–H groups in total. The third kappa shape index (κ3) is 5.47. The molecule has 0 bridgehead atoms. The Morgan fingerprint density at radius 1 is 1.21 bits per heavy atom. The first-order chi connectivity index (χ1) is 13.3. The van der Waals surface area contributed by atoms with E-state index in [1.807, 2.05) is 48.0 Å². The highest BCUT2D eigenvalue weighted by molar-refractivity contribution is 8.02. The molecule has 1 aromatic carbocycles. The molecule has 3 rings (SSSR count). The highest BCUT2D eigenvalue weighted by Gasteiger charge is 2.29. The number of aromatic nitrogens is 2. The number of hydrogen-bond acceptors (Lipinski definition) is 6. The molecular weight excluding hydrogens is 414 g/mol. The van der Waals surface area contributed by atoms with E-state index in [-0.39, 0.29) is 0 Å². The minimum atomic E-state index is -0.886. The molecule has 0 spiro atoms. The Bertz CT molecular complexity index is 941. The van der Waals surface area contributed by atoms with Crippen LogP contribution in [-0.4, -0.2) is 32.3 Å². The first kappa shape index (κ1) is 20.6. The predicted octanol–water partition coefficient (Wildman–Crippen LogP) is 5.47. The average Bonchev–Trinajstić information content (AvgIpc) is 3.09. The fourth-order valence-electron chi connectivity index (χ4n) is 2.34. The van der Waals surface area contributed by atoms with E-state index in [9.17, 15) is 9.90 Å². The first-order valence-corrected chi connectivity index (χ1v) is 10.7. The number of carboxylic acids is 1. The Hall–Kier alpha value is -2.09. The number of carbonyl (C=O) groups is 1. The van der Waals surface area contributed by atoms with Crippen molar-refractivity contribution in [1.82, 2.24) is 9.97 Å². The zero-order chi connectivity index (χ0) is 20.1. The van der Waals surface area contributed by atoms with Gasteiger partial charge in [0.2, 0.25) is 0 Å². The van der Waals surface area contributed by atoms with Crippen molar-refractivity contribution < 1.29 is 9.90 Å². The van der Waals surface area contributed by atoms with Crippen LogP contribution >= 0.6 is 34.7 Å². The van der Waals surface area contributed by atoms with Gasteiger partial charge in [-0.05, 0) is 43.7 Å². The van der Waals surface area contributed by atoms with Gasteiger partial charge in [0.15, 0.2) is 4.34 Å². The fraction of sp³-hybridized carbons (Fsp3) is 0.250. The molecule has 0 unspecified atom stereocenters. The van der Waals surface area contributed by atoms with Gasteiger partial charge in [0, 0.05) is 35.1 Å². The monoisotopic (exact) mass is 433 g/mol. The summed E-state index contributed by atoms with van der Waals surface area (Å²) in [5.74, 6) is -0.0430. The molecule has 0 atom stereocenters. The number of thioether (sulfide) groups is 1. The summed E-state index contributed by atoms with van der Waals surface area (Å²) in [6.07, 6.45) is 2.57. The van der Waals surface area contributed by atoms with Crippen LogP contribution in [0.25, 0.3) is 11.1 Å². The molecule has 2 heterocycles. The number of anilines is 1. The molecule has 0 fully saturated rings. The smallest absolute Gasteiger partial charge is 0.319 e. The molecule has 0 aliphatic rings. The number of hydrogen-bond donors (Lipinski definition) is 2. The summed E-state index contributed by atoms with van der Waals surface area (Å²) in [5, 5.41) is 15.2. The predicted molar refractivity (Wildman–Crippen MR) is 117 cm³/mol. The van der Waals surface area contributed by atoms with Crippen LogP contribution in [0, 0.1) is 0 Å². The zero-order valence-electron chi connectivity index (χ0n) is 15.5. The number of carboxylic acid groups (broad SMARTS) is 1. The second-order valence-corrected chi connectivity index (χ2v) is 9.80. The van der Waals surface area contributed by atoms with E-state index in [1.54, 1.807) is 13.8 Å². The summed E-state index contributed by atoms with van der Waals surface area (Å²) in [6, 6.07) is 11.6. The standard InChI is InChI=1S/C20H20ClN3O2S2/c1-20(2,18(25)26)28-19-24-16(12-27-19)9-10-22-17-8-5-14(11-23-17)13-3-6-15(21)7-4-13/h3-8,11-12H,9-10H2,1-2H3,(H,22,23)(H,25,26). The minimum Gasteiger partial charge on any atom is -0.480 e. The summed E-state index contributed by atoms with van der Waals surface area (Å²) in [4.78, 5) is 20.2. The van der Waals surface area contributed by atoms with Crippen molar-refractivity contribution >= 4 is 46.5 Å². The molecule has 0 amide bonds. The van der Waals surface area contributed by atoms with E-state index < -0.39 is 10.7 Å². The Balaban J connectivity index is 1.51. The van der Waals surface area contributed by atoms with Gasteiger partial charge < -0.3 is 10.4 Å². The molecule has 0 radical (unpaired) electrons. The number of aliphatic carboxylic acids is 1. The lowest BCUT2D eigenvalue weighted by Crippen LogP contribution is -2.26. The van der Waals surface area contributed by atoms with Crippen molar-refractivity contribution in [2.45, 2.75) is 29.4 Å². The Morgan fingerprint density at radius 2 is 1.93 bits per heavy atom. The molecular formula is C20H20ClN3O2S2. The summed E-state index contributed by atoms with van der Waals surface area (Å²) in [7, 11) is 0. The van der Waals surface area contributed by atoms with Crippen molar-refractivity contribution in [3.8, 4) is 11.1 Å². The number of thiazole rings is 1. The van der Waals surface area contributed by atoms with Crippen molar-refractivity contribution in [2.24, 2.45) is 0 Å². The Morgan fingerprint density at radius 3 is 2.57 bits per heavy atom. The van der Waals surface area contributed by atoms with Crippen LogP contribution in [0.2, 0.25) is 5.02 Å². The molecule has 0 aliphatic carbocycles. The molecule has 28 heavy (non-hydrogen) atoms. The summed E-state index contributed by atoms with van der Waals surface area (Å²) >= 11 is 8.67. The SMILES string of the molecule is CC(C)(Sc1nc(CCNc2ccc(-c3ccc(Cl)cc3)cn2)cs1)C(=O)O. The summed E-state index contributed by atoms with van der Waals surface area (Å²) in [6.45, 7) is 4.06. The second kappa shape index (κ2) is 8.94. The molecule has 8 heteroatoms. The van der Waals surface area contributed by atoms with Crippen LogP contribution in [0.1, 0.15) is 19.5 Å². The molecule has 0 aliphatic heterocycles. The van der Waals surface area contributed by atoms with Gasteiger partial charge in [-0.2, -0.15) is 0 Å². The summed E-state index contributed by atoms with van der Waals surface area (Å²) in [5.41, 5.74) is 3.05. The topological polar surface area (TPSA) is 75.1 Å². The van der Waals surface area contributed by atoms with Gasteiger partial charge in [0.25, 0.3) is 0 Å². The lowest BCUT2D eigenvalue weighted by molar-refractivity contribution is -0.138. The second-order valence-electron chi connectivity index (χ2n) is 6.64. The van der Waals surface area contributed by atoms with Crippen molar-refractivity contribution in [3.05, 3.63) is 58.7 Å². The maximum atomic E-state index is 11.2. The number of nitrogens with one attached hydrogen (secondary N) is 1. The largest absolute Gasteiger partial charge is 0.480 e. The van der Waals surface area contributed by atoms with E-state index in [2.05, 4.69) is 15.3 Å². The summed E-state index contributed by atoms with van der Waals surface area (Å²) < 4.78 is -0.115. The molecule has 2 aromatic heterocycles. The minimum absolute atomic E-state index is 0.698. The van der Waals surface area contributed by atoms with Crippen LogP contribution < -0.4 is 5.32 Å². The van der Waals surface area contributed by atoms with E-state index in [1.165, 1.54) is 23.1 Å². The van der Waals surface area contributed by atoms with Gasteiger partial charge >= 0.3 is 5.97 Å². The zero-order valence-corrected chi connectivity index (χ0v) is 17.9. The number of rotatable bonds is 8. The van der Waals surface area contributed by atoms with Gasteiger partial charge in [-0.25, -0.2) is 9.97 Å². The number of nitrogens with zero attached hydrogens (tertiary/aromatic N) is 2. The van der Waals surface area contributed by atoms with E-state index in [4.69, 9.17) is 11.6 Å². The van der Waals surface area contributed by atoms with Gasteiger partial charge in [0.1, 0.15) is 10.6 Å². The first-order valence-electron chi connectivity index (χ1n) is 8.66. The van der Waals surface area contributed by atoms with E-state index >= 15 is 0 Å². The fourth-order valence-corrected chi connectivity index (χ4v) is 4.69. The highest BCUT2D eigenvalue weighted by atomic mass is 35.5. The molecule has 3 aromatic rings. The maximum Gasteiger partial charge on any atom is 0.319 e. The van der Waals surface area contributed by atoms with Crippen LogP contribution in [0.5, 0.6) is 0 Å². The quantitative estimate of drug-likeness (QED) is 0.459. The molecule has 146 valence electrons. The van der Waals surface area contributed by atoms with Gasteiger partial charge in [-0.3, -0.25) is 4.79 Å². The molecule has 0 saturated carbocycles. The lowest BCUT2D eigenvalue weighted by atomic mass is 10.1. The van der Waals surface area contributed by atoms with Gasteiger partial charge in [-0.15, -0.1) is 11.3 Å². The average molecular weight is 434 g/mol. The lowest BCUT2D eigenvalue weighted by Gasteiger charge is -2.15. The van der Waals surface area contributed by atoms with Crippen LogP contribution in [-0.2, 0) is 11.2 Å². The number of benzene rings is 1. The molecule has 0 saturated heterocycles. The van der Waals surface area contributed by atoms with Gasteiger partial charge in [0.05, 0.1) is 5.69 Å². The van der Waals surface area contributed by atoms with Crippen molar-refractivity contribution in [2.75, 3.05) is 11.9 Å². The molecule has 5 nitrogen and oxygen atoms in total. The number of pyridine rings is 1. The van der Waals surface area contributed by atoms with Crippen molar-refractivity contribution in [3.63, 3.8) is 0 Å². The van der Waals surface area contributed by atoms with Crippen molar-refractivity contribution in [1.29, 1.82) is 0 Å². The van der Waals surface area contributed by atoms with E-state index in [0.29, 0.717) is 11.6 Å². The van der Waals surface area contributed by atoms with Crippen LogP contribution in [0.3, 0.4) is 0 Å². The third-order valence-electron chi connectivity index (χ3n) is 4.02. The van der Waals surface area contributed by atoms with Crippen LogP contribution in [0.4, 0.5) is 5.82 Å². The highest BCUT2D eigenvalue weighted by Crippen LogP contribution is 2.34. The third-order valence-corrected chi connectivity index (χ3v) is 6.44. The van der Waals surface area contributed by atoms with Gasteiger partial charge in [-0.1, -0.05) is 35.5 Å². The Labute approximate surface area is 177 Å². The number of halogens is 1.